The van der Waals surface area contributed by atoms with Crippen LogP contribution in [-0.2, 0) is 17.2 Å². The number of nitrogens with two attached hydrogens (primary N) is 1. The van der Waals surface area contributed by atoms with Crippen molar-refractivity contribution in [1.82, 2.24) is 4.98 Å². The van der Waals surface area contributed by atoms with Gasteiger partial charge in [0.2, 0.25) is 0 Å². The van der Waals surface area contributed by atoms with Gasteiger partial charge >= 0.3 is 6.18 Å². The van der Waals surface area contributed by atoms with E-state index in [-0.39, 0.29) is 11.2 Å². The highest BCUT2D eigenvalue weighted by Gasteiger charge is 2.32. The van der Waals surface area contributed by atoms with Crippen molar-refractivity contribution in [3.8, 4) is 0 Å². The molecule has 0 saturated heterocycles. The third-order valence-electron chi connectivity index (χ3n) is 2.73. The fourth-order valence-electron chi connectivity index (χ4n) is 1.59. The van der Waals surface area contributed by atoms with E-state index in [0.29, 0.717) is 12.0 Å². The van der Waals surface area contributed by atoms with E-state index >= 15 is 0 Å². The van der Waals surface area contributed by atoms with Crippen molar-refractivity contribution in [1.29, 1.82) is 0 Å². The van der Waals surface area contributed by atoms with Gasteiger partial charge in [0.15, 0.2) is 0 Å². The van der Waals surface area contributed by atoms with E-state index in [4.69, 9.17) is 5.14 Å². The van der Waals surface area contributed by atoms with Crippen molar-refractivity contribution in [3.63, 3.8) is 0 Å². The smallest absolute Gasteiger partial charge is 0.252 e. The van der Waals surface area contributed by atoms with E-state index in [9.17, 15) is 17.4 Å². The van der Waals surface area contributed by atoms with Crippen molar-refractivity contribution in [3.05, 3.63) is 29.6 Å². The van der Waals surface area contributed by atoms with Crippen molar-refractivity contribution in [2.75, 3.05) is 0 Å². The number of hydrogen-bond acceptors (Lipinski definition) is 2. The molecule has 0 aliphatic rings. The summed E-state index contributed by atoms with van der Waals surface area (Å²) in [5, 5.41) is 5.05. The van der Waals surface area contributed by atoms with Gasteiger partial charge < -0.3 is 0 Å². The van der Waals surface area contributed by atoms with E-state index in [2.05, 4.69) is 4.98 Å². The summed E-state index contributed by atoms with van der Waals surface area (Å²) in [7, 11) is -1.42. The largest absolute Gasteiger partial charge is 0.433 e. The number of alkyl halides is 3. The monoisotopic (exact) mass is 280 g/mol. The van der Waals surface area contributed by atoms with E-state index < -0.39 is 22.9 Å². The zero-order valence-corrected chi connectivity index (χ0v) is 10.9. The Bertz CT molecular complexity index is 419. The summed E-state index contributed by atoms with van der Waals surface area (Å²) in [6.45, 7) is 3.58. The average molecular weight is 280 g/mol. The summed E-state index contributed by atoms with van der Waals surface area (Å²) < 4.78 is 48.0. The first kappa shape index (κ1) is 15.1. The molecule has 1 heterocycles. The molecule has 3 atom stereocenters. The SMILES string of the molecule is CC(C[C@@H](C)c1ccc(C(F)(F)F)nc1)S(N)=O. The second kappa shape index (κ2) is 5.79. The molecule has 2 unspecified atom stereocenters. The minimum absolute atomic E-state index is 0.0396. The molecule has 1 aromatic heterocycles. The van der Waals surface area contributed by atoms with Crippen LogP contribution in [0.5, 0.6) is 0 Å². The molecule has 1 rings (SSSR count). The van der Waals surface area contributed by atoms with Gasteiger partial charge in [0.25, 0.3) is 0 Å². The number of nitrogens with zero attached hydrogens (tertiary/aromatic N) is 1. The lowest BCUT2D eigenvalue weighted by molar-refractivity contribution is -0.141. The van der Waals surface area contributed by atoms with E-state index in [1.807, 2.05) is 6.92 Å². The van der Waals surface area contributed by atoms with Crippen molar-refractivity contribution < 1.29 is 17.4 Å². The Balaban J connectivity index is 2.76. The molecule has 0 aliphatic carbocycles. The molecule has 0 spiro atoms. The summed E-state index contributed by atoms with van der Waals surface area (Å²) in [5.41, 5.74) is -0.228. The summed E-state index contributed by atoms with van der Waals surface area (Å²) >= 11 is 0. The van der Waals surface area contributed by atoms with E-state index in [1.165, 1.54) is 12.3 Å². The van der Waals surface area contributed by atoms with Gasteiger partial charge in [0, 0.05) is 11.4 Å². The lowest BCUT2D eigenvalue weighted by Gasteiger charge is -2.15. The van der Waals surface area contributed by atoms with Crippen LogP contribution in [0.3, 0.4) is 0 Å². The second-order valence-electron chi connectivity index (χ2n) is 4.25. The van der Waals surface area contributed by atoms with Crippen molar-refractivity contribution in [2.24, 2.45) is 5.14 Å². The summed E-state index contributed by atoms with van der Waals surface area (Å²) in [5.74, 6) is -0.0396. The molecule has 0 radical (unpaired) electrons. The van der Waals surface area contributed by atoms with Crippen molar-refractivity contribution >= 4 is 11.0 Å². The summed E-state index contributed by atoms with van der Waals surface area (Å²) in [6, 6.07) is 2.35. The van der Waals surface area contributed by atoms with Gasteiger partial charge in [-0.05, 0) is 30.9 Å². The molecule has 0 fully saturated rings. The topological polar surface area (TPSA) is 56.0 Å². The van der Waals surface area contributed by atoms with Crippen LogP contribution in [0.2, 0.25) is 0 Å². The fraction of sp³-hybridized carbons (Fsp3) is 0.545. The Labute approximate surface area is 106 Å². The molecule has 0 aromatic carbocycles. The van der Waals surface area contributed by atoms with Gasteiger partial charge in [-0.25, -0.2) is 4.21 Å². The number of hydrogen-bond donors (Lipinski definition) is 1. The highest BCUT2D eigenvalue weighted by atomic mass is 32.2. The van der Waals surface area contributed by atoms with Gasteiger partial charge in [-0.2, -0.15) is 13.2 Å². The van der Waals surface area contributed by atoms with Crippen LogP contribution >= 0.6 is 0 Å². The minimum Gasteiger partial charge on any atom is -0.252 e. The highest BCUT2D eigenvalue weighted by molar-refractivity contribution is 7.83. The Morgan fingerprint density at radius 2 is 2.00 bits per heavy atom. The van der Waals surface area contributed by atoms with Crippen LogP contribution in [0, 0.1) is 0 Å². The molecule has 0 amide bonds. The van der Waals surface area contributed by atoms with Crippen LogP contribution in [0.1, 0.15) is 37.4 Å². The number of aromatic nitrogens is 1. The Morgan fingerprint density at radius 1 is 1.39 bits per heavy atom. The van der Waals surface area contributed by atoms with Crippen LogP contribution in [0.15, 0.2) is 18.3 Å². The van der Waals surface area contributed by atoms with Gasteiger partial charge in [0.05, 0.1) is 11.0 Å². The lowest BCUT2D eigenvalue weighted by Crippen LogP contribution is -2.20. The normalized spacial score (nSPS) is 17.2. The molecule has 0 aliphatic heterocycles. The first-order valence-corrected chi connectivity index (χ1v) is 6.67. The zero-order valence-electron chi connectivity index (χ0n) is 10.1. The quantitative estimate of drug-likeness (QED) is 0.921. The maximum atomic E-state index is 12.3. The van der Waals surface area contributed by atoms with E-state index in [1.54, 1.807) is 6.92 Å². The Hall–Kier alpha value is -0.950. The molecule has 18 heavy (non-hydrogen) atoms. The number of halogens is 3. The molecule has 3 nitrogen and oxygen atoms in total. The number of pyridine rings is 1. The molecular weight excluding hydrogens is 265 g/mol. The Kier molecular flexibility index (Phi) is 4.86. The summed E-state index contributed by atoms with van der Waals surface area (Å²) in [6.07, 6.45) is -2.68. The molecule has 7 heteroatoms. The second-order valence-corrected chi connectivity index (χ2v) is 5.71. The third-order valence-corrected chi connectivity index (χ3v) is 3.71. The molecule has 0 bridgehead atoms. The van der Waals surface area contributed by atoms with Crippen LogP contribution in [0.25, 0.3) is 0 Å². The minimum atomic E-state index is -4.42. The maximum Gasteiger partial charge on any atom is 0.433 e. The van der Waals surface area contributed by atoms with E-state index in [0.717, 1.165) is 6.07 Å². The predicted octanol–water partition coefficient (Wildman–Crippen LogP) is 2.60. The Morgan fingerprint density at radius 3 is 2.39 bits per heavy atom. The van der Waals surface area contributed by atoms with Crippen LogP contribution in [0.4, 0.5) is 13.2 Å². The first-order chi connectivity index (χ1) is 8.21. The van der Waals surface area contributed by atoms with Gasteiger partial charge in [-0.1, -0.05) is 13.0 Å². The van der Waals surface area contributed by atoms with Gasteiger partial charge in [-0.15, -0.1) is 0 Å². The molecule has 1 aromatic rings. The zero-order chi connectivity index (χ0) is 13.9. The van der Waals surface area contributed by atoms with Gasteiger partial charge in [-0.3, -0.25) is 10.1 Å². The first-order valence-electron chi connectivity index (χ1n) is 5.40. The maximum absolute atomic E-state index is 12.3. The third kappa shape index (κ3) is 4.06. The van der Waals surface area contributed by atoms with Crippen LogP contribution in [-0.4, -0.2) is 14.4 Å². The standard InChI is InChI=1S/C11H15F3N2OS/c1-7(5-8(2)18(15)17)9-3-4-10(16-6-9)11(12,13)14/h3-4,6-8H,5,15H2,1-2H3/t7-,8?,18?/m1/s1. The highest BCUT2D eigenvalue weighted by Crippen LogP contribution is 2.29. The predicted molar refractivity (Wildman–Crippen MR) is 64.1 cm³/mol. The number of rotatable bonds is 4. The molecule has 0 saturated carbocycles. The summed E-state index contributed by atoms with van der Waals surface area (Å²) in [4.78, 5) is 3.39. The molecular formula is C11H15F3N2OS. The molecule has 102 valence electrons. The van der Waals surface area contributed by atoms with Crippen LogP contribution < -0.4 is 5.14 Å². The fourth-order valence-corrected chi connectivity index (χ4v) is 2.07. The average Bonchev–Trinajstić information content (AvgIpc) is 2.27. The lowest BCUT2D eigenvalue weighted by atomic mass is 9.98. The van der Waals surface area contributed by atoms with Gasteiger partial charge in [0.1, 0.15) is 5.69 Å². The van der Waals surface area contributed by atoms with Crippen molar-refractivity contribution in [2.45, 2.75) is 37.6 Å². The molecule has 2 N–H and O–H groups in total.